The number of aromatic nitrogens is 2. The molecule has 16 heavy (non-hydrogen) atoms. The molecule has 0 aromatic carbocycles. The quantitative estimate of drug-likeness (QED) is 0.764. The summed E-state index contributed by atoms with van der Waals surface area (Å²) in [6.45, 7) is 1.76. The lowest BCUT2D eigenvalue weighted by Crippen LogP contribution is -2.35. The SMILES string of the molecule is CNC(=O)C(C)Nc1ncnc(NC)c1Br. The van der Waals surface area contributed by atoms with Gasteiger partial charge in [0.1, 0.15) is 28.5 Å². The smallest absolute Gasteiger partial charge is 0.241 e. The Morgan fingerprint density at radius 3 is 2.56 bits per heavy atom. The van der Waals surface area contributed by atoms with Crippen molar-refractivity contribution in [2.75, 3.05) is 24.7 Å². The normalized spacial score (nSPS) is 11.8. The van der Waals surface area contributed by atoms with Crippen LogP contribution in [0.5, 0.6) is 0 Å². The number of likely N-dealkylation sites (N-methyl/N-ethyl adjacent to an activating group) is 1. The van der Waals surface area contributed by atoms with Gasteiger partial charge in [-0.2, -0.15) is 0 Å². The molecule has 3 N–H and O–H groups in total. The summed E-state index contributed by atoms with van der Waals surface area (Å²) in [4.78, 5) is 19.4. The third kappa shape index (κ3) is 2.82. The fourth-order valence-electron chi connectivity index (χ4n) is 1.13. The average molecular weight is 288 g/mol. The van der Waals surface area contributed by atoms with Gasteiger partial charge in [-0.15, -0.1) is 0 Å². The number of hydrogen-bond acceptors (Lipinski definition) is 5. The summed E-state index contributed by atoms with van der Waals surface area (Å²) >= 11 is 3.36. The van der Waals surface area contributed by atoms with Gasteiger partial charge in [0.05, 0.1) is 0 Å². The molecule has 0 aliphatic carbocycles. The van der Waals surface area contributed by atoms with Gasteiger partial charge in [0, 0.05) is 14.1 Å². The number of anilines is 2. The Morgan fingerprint density at radius 2 is 2.00 bits per heavy atom. The van der Waals surface area contributed by atoms with Crippen LogP contribution in [0, 0.1) is 0 Å². The van der Waals surface area contributed by atoms with Crippen LogP contribution in [0.4, 0.5) is 11.6 Å². The number of carbonyl (C=O) groups excluding carboxylic acids is 1. The third-order valence-corrected chi connectivity index (χ3v) is 2.77. The summed E-state index contributed by atoms with van der Waals surface area (Å²) in [5.41, 5.74) is 0. The molecule has 0 spiro atoms. The highest BCUT2D eigenvalue weighted by Crippen LogP contribution is 2.26. The first-order valence-corrected chi connectivity index (χ1v) is 5.55. The number of hydrogen-bond donors (Lipinski definition) is 3. The van der Waals surface area contributed by atoms with Gasteiger partial charge < -0.3 is 16.0 Å². The maximum Gasteiger partial charge on any atom is 0.241 e. The maximum absolute atomic E-state index is 11.3. The summed E-state index contributed by atoms with van der Waals surface area (Å²) in [5, 5.41) is 8.46. The molecule has 0 aliphatic rings. The van der Waals surface area contributed by atoms with E-state index in [4.69, 9.17) is 0 Å². The van der Waals surface area contributed by atoms with Crippen molar-refractivity contribution in [3.8, 4) is 0 Å². The lowest BCUT2D eigenvalue weighted by atomic mass is 10.3. The first-order chi connectivity index (χ1) is 7.60. The molecule has 1 amide bonds. The molecule has 0 saturated heterocycles. The summed E-state index contributed by atoms with van der Waals surface area (Å²) in [5.74, 6) is 1.15. The fourth-order valence-corrected chi connectivity index (χ4v) is 1.65. The van der Waals surface area contributed by atoms with E-state index in [9.17, 15) is 4.79 Å². The monoisotopic (exact) mass is 287 g/mol. The van der Waals surface area contributed by atoms with Gasteiger partial charge in [0.25, 0.3) is 0 Å². The zero-order valence-corrected chi connectivity index (χ0v) is 10.9. The summed E-state index contributed by atoms with van der Waals surface area (Å²) in [7, 11) is 3.35. The summed E-state index contributed by atoms with van der Waals surface area (Å²) < 4.78 is 0.702. The zero-order valence-electron chi connectivity index (χ0n) is 9.34. The maximum atomic E-state index is 11.3. The Balaban J connectivity index is 2.85. The van der Waals surface area contributed by atoms with Crippen LogP contribution in [0.15, 0.2) is 10.8 Å². The van der Waals surface area contributed by atoms with Gasteiger partial charge in [-0.3, -0.25) is 4.79 Å². The average Bonchev–Trinajstić information content (AvgIpc) is 2.30. The molecule has 0 radical (unpaired) electrons. The van der Waals surface area contributed by atoms with Gasteiger partial charge >= 0.3 is 0 Å². The lowest BCUT2D eigenvalue weighted by molar-refractivity contribution is -0.121. The predicted molar refractivity (Wildman–Crippen MR) is 66.4 cm³/mol. The number of nitrogens with one attached hydrogen (secondary N) is 3. The van der Waals surface area contributed by atoms with Crippen molar-refractivity contribution in [1.82, 2.24) is 15.3 Å². The molecular formula is C9H14BrN5O. The van der Waals surface area contributed by atoms with Crippen molar-refractivity contribution in [3.63, 3.8) is 0 Å². The van der Waals surface area contributed by atoms with E-state index in [0.29, 0.717) is 16.1 Å². The molecule has 88 valence electrons. The Morgan fingerprint density at radius 1 is 1.38 bits per heavy atom. The number of rotatable bonds is 4. The molecular weight excluding hydrogens is 274 g/mol. The van der Waals surface area contributed by atoms with Crippen molar-refractivity contribution in [3.05, 3.63) is 10.8 Å². The molecule has 0 saturated carbocycles. The van der Waals surface area contributed by atoms with Gasteiger partial charge in [-0.1, -0.05) is 0 Å². The standard InChI is InChI=1S/C9H14BrN5O/c1-5(9(16)12-3)15-8-6(10)7(11-2)13-4-14-8/h4-5H,1-3H3,(H,12,16)(H2,11,13,14,15). The lowest BCUT2D eigenvalue weighted by Gasteiger charge is -2.14. The number of amides is 1. The van der Waals surface area contributed by atoms with Crippen LogP contribution in [-0.4, -0.2) is 36.0 Å². The Hall–Kier alpha value is -1.37. The largest absolute Gasteiger partial charge is 0.372 e. The van der Waals surface area contributed by atoms with Gasteiger partial charge in [-0.25, -0.2) is 9.97 Å². The van der Waals surface area contributed by atoms with E-state index in [2.05, 4.69) is 41.8 Å². The molecule has 7 heteroatoms. The van der Waals surface area contributed by atoms with Crippen LogP contribution in [0.3, 0.4) is 0 Å². The Bertz CT molecular complexity index is 384. The minimum atomic E-state index is -0.360. The minimum Gasteiger partial charge on any atom is -0.372 e. The molecule has 1 unspecified atom stereocenters. The van der Waals surface area contributed by atoms with E-state index in [0.717, 1.165) is 0 Å². The van der Waals surface area contributed by atoms with Crippen molar-refractivity contribution in [1.29, 1.82) is 0 Å². The highest BCUT2D eigenvalue weighted by molar-refractivity contribution is 9.10. The molecule has 1 aromatic rings. The van der Waals surface area contributed by atoms with Crippen molar-refractivity contribution >= 4 is 33.5 Å². The second-order valence-corrected chi connectivity index (χ2v) is 3.91. The van der Waals surface area contributed by atoms with Crippen LogP contribution in [-0.2, 0) is 4.79 Å². The molecule has 0 bridgehead atoms. The van der Waals surface area contributed by atoms with Crippen LogP contribution in [0.1, 0.15) is 6.92 Å². The van der Waals surface area contributed by atoms with E-state index >= 15 is 0 Å². The zero-order chi connectivity index (χ0) is 12.1. The highest BCUT2D eigenvalue weighted by atomic mass is 79.9. The van der Waals surface area contributed by atoms with E-state index in [1.165, 1.54) is 6.33 Å². The van der Waals surface area contributed by atoms with Gasteiger partial charge in [0.15, 0.2) is 0 Å². The molecule has 6 nitrogen and oxygen atoms in total. The molecule has 1 atom stereocenters. The van der Waals surface area contributed by atoms with Crippen LogP contribution >= 0.6 is 15.9 Å². The summed E-state index contributed by atoms with van der Waals surface area (Å²) in [6, 6.07) is -0.360. The number of halogens is 1. The molecule has 1 rings (SSSR count). The van der Waals surface area contributed by atoms with Gasteiger partial charge in [0.2, 0.25) is 5.91 Å². The van der Waals surface area contributed by atoms with Crippen molar-refractivity contribution in [2.24, 2.45) is 0 Å². The van der Waals surface area contributed by atoms with E-state index in [1.54, 1.807) is 21.0 Å². The Labute approximate surface area is 102 Å². The topological polar surface area (TPSA) is 78.9 Å². The van der Waals surface area contributed by atoms with Crippen molar-refractivity contribution in [2.45, 2.75) is 13.0 Å². The third-order valence-electron chi connectivity index (χ3n) is 2.02. The van der Waals surface area contributed by atoms with E-state index in [1.807, 2.05) is 0 Å². The van der Waals surface area contributed by atoms with Crippen LogP contribution < -0.4 is 16.0 Å². The minimum absolute atomic E-state index is 0.100. The highest BCUT2D eigenvalue weighted by Gasteiger charge is 2.14. The molecule has 0 aliphatic heterocycles. The molecule has 1 aromatic heterocycles. The summed E-state index contributed by atoms with van der Waals surface area (Å²) in [6.07, 6.45) is 1.43. The second-order valence-electron chi connectivity index (χ2n) is 3.12. The first-order valence-electron chi connectivity index (χ1n) is 4.76. The fraction of sp³-hybridized carbons (Fsp3) is 0.444. The Kier molecular flexibility index (Phi) is 4.48. The van der Waals surface area contributed by atoms with Gasteiger partial charge in [-0.05, 0) is 22.9 Å². The first kappa shape index (κ1) is 12.7. The molecule has 0 fully saturated rings. The van der Waals surface area contributed by atoms with Crippen LogP contribution in [0.2, 0.25) is 0 Å². The van der Waals surface area contributed by atoms with Crippen LogP contribution in [0.25, 0.3) is 0 Å². The van der Waals surface area contributed by atoms with Crippen molar-refractivity contribution < 1.29 is 4.79 Å². The number of nitrogens with zero attached hydrogens (tertiary/aromatic N) is 2. The molecule has 1 heterocycles. The van der Waals surface area contributed by atoms with E-state index in [-0.39, 0.29) is 11.9 Å². The predicted octanol–water partition coefficient (Wildman–Crippen LogP) is 0.827. The number of carbonyl (C=O) groups is 1. The van der Waals surface area contributed by atoms with E-state index < -0.39 is 0 Å². The second kappa shape index (κ2) is 5.64.